The number of amides is 1. The smallest absolute Gasteiger partial charge is 0.285 e. The summed E-state index contributed by atoms with van der Waals surface area (Å²) in [6.07, 6.45) is 1.84. The molecule has 2 aromatic rings. The predicted molar refractivity (Wildman–Crippen MR) is 89.8 cm³/mol. The summed E-state index contributed by atoms with van der Waals surface area (Å²) in [7, 11) is 0. The van der Waals surface area contributed by atoms with Crippen molar-refractivity contribution in [1.29, 1.82) is 5.26 Å². The van der Waals surface area contributed by atoms with E-state index in [0.717, 1.165) is 28.8 Å². The summed E-state index contributed by atoms with van der Waals surface area (Å²) >= 11 is 0. The number of aromatic nitrogens is 2. The van der Waals surface area contributed by atoms with Gasteiger partial charge in [-0.3, -0.25) is 9.59 Å². The van der Waals surface area contributed by atoms with E-state index in [1.54, 1.807) is 18.7 Å². The van der Waals surface area contributed by atoms with Crippen molar-refractivity contribution in [2.45, 2.75) is 33.2 Å². The number of nitriles is 1. The number of anilines is 1. The Kier molecular flexibility index (Phi) is 4.17. The van der Waals surface area contributed by atoms with Gasteiger partial charge in [-0.05, 0) is 43.9 Å². The molecule has 0 atom stereocenters. The Balaban J connectivity index is 1.94. The van der Waals surface area contributed by atoms with Crippen LogP contribution in [0.15, 0.2) is 29.1 Å². The van der Waals surface area contributed by atoms with Crippen LogP contribution < -0.4 is 10.5 Å². The van der Waals surface area contributed by atoms with Gasteiger partial charge in [0.15, 0.2) is 0 Å². The van der Waals surface area contributed by atoms with Gasteiger partial charge in [0.1, 0.15) is 18.2 Å². The summed E-state index contributed by atoms with van der Waals surface area (Å²) in [6.45, 7) is 3.88. The van der Waals surface area contributed by atoms with Gasteiger partial charge >= 0.3 is 0 Å². The summed E-state index contributed by atoms with van der Waals surface area (Å²) in [6, 6.07) is 9.71. The number of para-hydroxylation sites is 1. The Morgan fingerprint density at radius 2 is 2.08 bits per heavy atom. The van der Waals surface area contributed by atoms with Crippen molar-refractivity contribution < 1.29 is 4.79 Å². The monoisotopic (exact) mass is 322 g/mol. The molecule has 0 unspecified atom stereocenters. The molecule has 3 rings (SSSR count). The average molecular weight is 322 g/mol. The number of nitrogens with zero attached hydrogens (tertiary/aromatic N) is 4. The van der Waals surface area contributed by atoms with Crippen LogP contribution >= 0.6 is 0 Å². The van der Waals surface area contributed by atoms with Crippen molar-refractivity contribution in [3.8, 4) is 6.07 Å². The number of carbonyl (C=O) groups is 1. The molecule has 1 amide bonds. The second-order valence-electron chi connectivity index (χ2n) is 5.94. The Labute approximate surface area is 139 Å². The van der Waals surface area contributed by atoms with Crippen LogP contribution in [-0.4, -0.2) is 22.2 Å². The van der Waals surface area contributed by atoms with E-state index in [2.05, 4.69) is 5.10 Å². The molecule has 1 aromatic heterocycles. The second-order valence-corrected chi connectivity index (χ2v) is 5.94. The number of carbonyl (C=O) groups excluding carboxylic acids is 1. The Morgan fingerprint density at radius 3 is 2.83 bits per heavy atom. The first-order chi connectivity index (χ1) is 11.5. The van der Waals surface area contributed by atoms with E-state index in [0.29, 0.717) is 17.8 Å². The first-order valence-electron chi connectivity index (χ1n) is 7.89. The first-order valence-corrected chi connectivity index (χ1v) is 7.89. The van der Waals surface area contributed by atoms with Gasteiger partial charge in [0, 0.05) is 12.2 Å². The summed E-state index contributed by atoms with van der Waals surface area (Å²) in [5, 5.41) is 13.4. The van der Waals surface area contributed by atoms with E-state index >= 15 is 0 Å². The molecule has 1 aliphatic heterocycles. The zero-order valence-electron chi connectivity index (χ0n) is 13.7. The van der Waals surface area contributed by atoms with E-state index in [-0.39, 0.29) is 18.0 Å². The van der Waals surface area contributed by atoms with Gasteiger partial charge in [0.05, 0.1) is 5.69 Å². The van der Waals surface area contributed by atoms with Crippen molar-refractivity contribution in [2.24, 2.45) is 0 Å². The van der Waals surface area contributed by atoms with E-state index < -0.39 is 5.56 Å². The number of aryl methyl sites for hydroxylation is 2. The highest BCUT2D eigenvalue weighted by atomic mass is 16.2. The fourth-order valence-electron chi connectivity index (χ4n) is 3.02. The maximum Gasteiger partial charge on any atom is 0.285 e. The van der Waals surface area contributed by atoms with Crippen molar-refractivity contribution in [3.05, 3.63) is 57.0 Å². The molecule has 0 saturated carbocycles. The zero-order valence-corrected chi connectivity index (χ0v) is 13.7. The SMILES string of the molecule is Cc1nn(CC(=O)N2CCCc3ccccc32)c(=O)c(C#N)c1C. The van der Waals surface area contributed by atoms with E-state index in [9.17, 15) is 14.9 Å². The lowest BCUT2D eigenvalue weighted by Gasteiger charge is -2.29. The van der Waals surface area contributed by atoms with Crippen LogP contribution in [0.3, 0.4) is 0 Å². The molecule has 122 valence electrons. The summed E-state index contributed by atoms with van der Waals surface area (Å²) in [5.41, 5.74) is 2.71. The van der Waals surface area contributed by atoms with Gasteiger partial charge in [-0.1, -0.05) is 18.2 Å². The highest BCUT2D eigenvalue weighted by molar-refractivity contribution is 5.94. The molecule has 1 aromatic carbocycles. The molecule has 0 spiro atoms. The topological polar surface area (TPSA) is 79.0 Å². The molecule has 0 N–H and O–H groups in total. The zero-order chi connectivity index (χ0) is 17.3. The molecular weight excluding hydrogens is 304 g/mol. The number of benzene rings is 1. The minimum atomic E-state index is -0.515. The normalized spacial score (nSPS) is 13.3. The lowest BCUT2D eigenvalue weighted by Crippen LogP contribution is -2.41. The third-order valence-electron chi connectivity index (χ3n) is 4.44. The van der Waals surface area contributed by atoms with Crippen LogP contribution in [0.2, 0.25) is 0 Å². The molecule has 0 fully saturated rings. The summed E-state index contributed by atoms with van der Waals surface area (Å²) in [4.78, 5) is 26.8. The molecule has 0 aliphatic carbocycles. The van der Waals surface area contributed by atoms with Crippen LogP contribution in [0.4, 0.5) is 5.69 Å². The van der Waals surface area contributed by atoms with E-state index in [1.807, 2.05) is 30.3 Å². The molecule has 0 saturated heterocycles. The van der Waals surface area contributed by atoms with Gasteiger partial charge in [-0.15, -0.1) is 0 Å². The van der Waals surface area contributed by atoms with Gasteiger partial charge in [-0.2, -0.15) is 10.4 Å². The molecule has 6 nitrogen and oxygen atoms in total. The standard InChI is InChI=1S/C18H18N4O2/c1-12-13(2)20-22(18(24)15(12)10-19)11-17(23)21-9-5-7-14-6-3-4-8-16(14)21/h3-4,6,8H,5,7,9,11H2,1-2H3. The predicted octanol–water partition coefficient (Wildman–Crippen LogP) is 1.71. The minimum Gasteiger partial charge on any atom is -0.311 e. The maximum atomic E-state index is 12.7. The Morgan fingerprint density at radius 1 is 1.33 bits per heavy atom. The van der Waals surface area contributed by atoms with Crippen molar-refractivity contribution in [1.82, 2.24) is 9.78 Å². The molecule has 2 heterocycles. The highest BCUT2D eigenvalue weighted by Gasteiger charge is 2.23. The Hall–Kier alpha value is -2.94. The van der Waals surface area contributed by atoms with E-state index in [4.69, 9.17) is 0 Å². The number of rotatable bonds is 2. The van der Waals surface area contributed by atoms with Crippen LogP contribution in [0.5, 0.6) is 0 Å². The second kappa shape index (κ2) is 6.28. The van der Waals surface area contributed by atoms with Gasteiger partial charge in [0.2, 0.25) is 5.91 Å². The van der Waals surface area contributed by atoms with Crippen LogP contribution in [0.1, 0.15) is 28.8 Å². The molecule has 0 radical (unpaired) electrons. The van der Waals surface area contributed by atoms with Crippen LogP contribution in [-0.2, 0) is 17.8 Å². The quantitative estimate of drug-likeness (QED) is 0.843. The first kappa shape index (κ1) is 15.9. The van der Waals surface area contributed by atoms with Gasteiger partial charge in [0.25, 0.3) is 5.56 Å². The van der Waals surface area contributed by atoms with E-state index in [1.165, 1.54) is 0 Å². The number of hydrogen-bond donors (Lipinski definition) is 0. The van der Waals surface area contributed by atoms with Gasteiger partial charge in [-0.25, -0.2) is 4.68 Å². The lowest BCUT2D eigenvalue weighted by molar-refractivity contribution is -0.119. The highest BCUT2D eigenvalue weighted by Crippen LogP contribution is 2.26. The Bertz CT molecular complexity index is 908. The fourth-order valence-corrected chi connectivity index (χ4v) is 3.02. The summed E-state index contributed by atoms with van der Waals surface area (Å²) in [5.74, 6) is -0.191. The molecular formula is C18H18N4O2. The number of fused-ring (bicyclic) bond motifs is 1. The molecule has 1 aliphatic rings. The van der Waals surface area contributed by atoms with Crippen LogP contribution in [0, 0.1) is 25.2 Å². The maximum absolute atomic E-state index is 12.7. The van der Waals surface area contributed by atoms with Gasteiger partial charge < -0.3 is 4.90 Å². The lowest BCUT2D eigenvalue weighted by atomic mass is 10.0. The molecule has 24 heavy (non-hydrogen) atoms. The minimum absolute atomic E-state index is 0.0503. The van der Waals surface area contributed by atoms with Crippen molar-refractivity contribution in [3.63, 3.8) is 0 Å². The average Bonchev–Trinajstić information content (AvgIpc) is 2.59. The van der Waals surface area contributed by atoms with Crippen molar-refractivity contribution >= 4 is 11.6 Å². The number of hydrogen-bond acceptors (Lipinski definition) is 4. The molecule has 6 heteroatoms. The fraction of sp³-hybridized carbons (Fsp3) is 0.333. The summed E-state index contributed by atoms with van der Waals surface area (Å²) < 4.78 is 1.10. The van der Waals surface area contributed by atoms with Crippen molar-refractivity contribution in [2.75, 3.05) is 11.4 Å². The largest absolute Gasteiger partial charge is 0.311 e. The molecule has 0 bridgehead atoms. The third-order valence-corrected chi connectivity index (χ3v) is 4.44. The third kappa shape index (κ3) is 2.69. The van der Waals surface area contributed by atoms with Crippen LogP contribution in [0.25, 0.3) is 0 Å².